The number of hydrogen-bond donors (Lipinski definition) is 1. The summed E-state index contributed by atoms with van der Waals surface area (Å²) in [6.45, 7) is 6.61. The Morgan fingerprint density at radius 3 is 2.38 bits per heavy atom. The van der Waals surface area contributed by atoms with Crippen LogP contribution in [-0.2, 0) is 0 Å². The lowest BCUT2D eigenvalue weighted by molar-refractivity contribution is 0.302. The van der Waals surface area contributed by atoms with Gasteiger partial charge in [0.2, 0.25) is 0 Å². The predicted octanol–water partition coefficient (Wildman–Crippen LogP) is 2.23. The van der Waals surface area contributed by atoms with Crippen LogP contribution in [-0.4, -0.2) is 12.6 Å². The molecule has 1 unspecified atom stereocenters. The maximum absolute atomic E-state index is 8.55. The van der Waals surface area contributed by atoms with E-state index in [0.717, 1.165) is 16.9 Å². The van der Waals surface area contributed by atoms with E-state index in [1.54, 1.807) is 0 Å². The van der Waals surface area contributed by atoms with E-state index in [4.69, 9.17) is 15.7 Å². The Balaban J connectivity index is 2.65. The second-order valence-electron chi connectivity index (χ2n) is 4.10. The highest BCUT2D eigenvalue weighted by molar-refractivity contribution is 5.42. The van der Waals surface area contributed by atoms with E-state index in [-0.39, 0.29) is 0 Å². The first-order chi connectivity index (χ1) is 7.54. The van der Waals surface area contributed by atoms with E-state index >= 15 is 0 Å². The van der Waals surface area contributed by atoms with Gasteiger partial charge in [0.1, 0.15) is 5.75 Å². The van der Waals surface area contributed by atoms with Crippen molar-refractivity contribution in [2.75, 3.05) is 6.61 Å². The Hall–Kier alpha value is -1.53. The Morgan fingerprint density at radius 1 is 1.31 bits per heavy atom. The lowest BCUT2D eigenvalue weighted by Crippen LogP contribution is -2.20. The molecule has 0 fully saturated rings. The van der Waals surface area contributed by atoms with Crippen LogP contribution in [0.3, 0.4) is 0 Å². The summed E-state index contributed by atoms with van der Waals surface area (Å²) >= 11 is 0. The summed E-state index contributed by atoms with van der Waals surface area (Å²) in [5.41, 5.74) is 8.98. The second kappa shape index (κ2) is 5.53. The molecule has 0 aliphatic carbocycles. The van der Waals surface area contributed by atoms with Crippen molar-refractivity contribution in [2.45, 2.75) is 33.2 Å². The summed E-state index contributed by atoms with van der Waals surface area (Å²) in [6.07, 6.45) is 0.559. The highest BCUT2D eigenvalue weighted by atomic mass is 16.5. The van der Waals surface area contributed by atoms with Crippen molar-refractivity contribution in [1.82, 2.24) is 0 Å². The number of ether oxygens (including phenoxy) is 1. The van der Waals surface area contributed by atoms with Gasteiger partial charge in [-0.1, -0.05) is 17.7 Å². The topological polar surface area (TPSA) is 59.0 Å². The number of nitriles is 1. The highest BCUT2D eigenvalue weighted by Crippen LogP contribution is 2.24. The average molecular weight is 218 g/mol. The van der Waals surface area contributed by atoms with Crippen molar-refractivity contribution >= 4 is 0 Å². The minimum Gasteiger partial charge on any atom is -0.493 e. The van der Waals surface area contributed by atoms with Gasteiger partial charge in [-0.15, -0.1) is 0 Å². The van der Waals surface area contributed by atoms with Crippen molar-refractivity contribution in [3.8, 4) is 11.8 Å². The van der Waals surface area contributed by atoms with Crippen LogP contribution in [0.2, 0.25) is 0 Å². The van der Waals surface area contributed by atoms with Gasteiger partial charge in [0.25, 0.3) is 0 Å². The van der Waals surface area contributed by atoms with Gasteiger partial charge in [-0.25, -0.2) is 0 Å². The van der Waals surface area contributed by atoms with E-state index < -0.39 is 6.04 Å². The fraction of sp³-hybridized carbons (Fsp3) is 0.462. The number of rotatable bonds is 4. The minimum absolute atomic E-state index is 0.439. The lowest BCUT2D eigenvalue weighted by atomic mass is 10.1. The smallest absolute Gasteiger partial charge is 0.125 e. The summed E-state index contributed by atoms with van der Waals surface area (Å²) in [5, 5.41) is 8.55. The van der Waals surface area contributed by atoms with Crippen LogP contribution in [0.5, 0.6) is 5.75 Å². The van der Waals surface area contributed by atoms with E-state index in [2.05, 4.69) is 19.1 Å². The Bertz CT molecular complexity index is 384. The van der Waals surface area contributed by atoms with Crippen LogP contribution in [0, 0.1) is 32.1 Å². The van der Waals surface area contributed by atoms with Gasteiger partial charge >= 0.3 is 0 Å². The molecule has 0 saturated heterocycles. The first-order valence-electron chi connectivity index (χ1n) is 5.40. The summed E-state index contributed by atoms with van der Waals surface area (Å²) in [4.78, 5) is 0. The molecule has 1 aromatic rings. The number of nitrogens with zero attached hydrogens (tertiary/aromatic N) is 1. The molecule has 0 aliphatic heterocycles. The van der Waals surface area contributed by atoms with E-state index in [1.807, 2.05) is 19.9 Å². The maximum Gasteiger partial charge on any atom is 0.125 e. The molecule has 1 rings (SSSR count). The van der Waals surface area contributed by atoms with Crippen LogP contribution in [0.1, 0.15) is 23.1 Å². The molecule has 0 amide bonds. The molecule has 0 aliphatic rings. The molecule has 16 heavy (non-hydrogen) atoms. The third kappa shape index (κ3) is 3.25. The number of aryl methyl sites for hydroxylation is 3. The van der Waals surface area contributed by atoms with Crippen molar-refractivity contribution in [3.63, 3.8) is 0 Å². The number of benzene rings is 1. The molecule has 86 valence electrons. The van der Waals surface area contributed by atoms with E-state index in [9.17, 15) is 0 Å². The molecule has 0 saturated carbocycles. The van der Waals surface area contributed by atoms with Gasteiger partial charge in [0, 0.05) is 6.42 Å². The third-order valence-electron chi connectivity index (χ3n) is 2.45. The van der Waals surface area contributed by atoms with Crippen molar-refractivity contribution in [2.24, 2.45) is 5.73 Å². The Morgan fingerprint density at radius 2 is 1.88 bits per heavy atom. The zero-order chi connectivity index (χ0) is 12.1. The monoisotopic (exact) mass is 218 g/mol. The van der Waals surface area contributed by atoms with Crippen molar-refractivity contribution in [3.05, 3.63) is 28.8 Å². The molecular formula is C13H18N2O. The quantitative estimate of drug-likeness (QED) is 0.843. The molecule has 2 N–H and O–H groups in total. The van der Waals surface area contributed by atoms with E-state index in [1.165, 1.54) is 5.56 Å². The molecule has 0 radical (unpaired) electrons. The Labute approximate surface area is 96.8 Å². The van der Waals surface area contributed by atoms with Gasteiger partial charge in [-0.3, -0.25) is 0 Å². The predicted molar refractivity (Wildman–Crippen MR) is 64.4 cm³/mol. The van der Waals surface area contributed by atoms with Crippen LogP contribution < -0.4 is 10.5 Å². The highest BCUT2D eigenvalue weighted by Gasteiger charge is 2.06. The SMILES string of the molecule is Cc1cc(C)c(OCCC(N)C#N)c(C)c1. The van der Waals surface area contributed by atoms with Gasteiger partial charge in [0.05, 0.1) is 18.7 Å². The third-order valence-corrected chi connectivity index (χ3v) is 2.45. The number of nitrogens with two attached hydrogens (primary N) is 1. The molecule has 0 aromatic heterocycles. The number of hydrogen-bond acceptors (Lipinski definition) is 3. The summed E-state index contributed by atoms with van der Waals surface area (Å²) in [7, 11) is 0. The summed E-state index contributed by atoms with van der Waals surface area (Å²) < 4.78 is 5.66. The second-order valence-corrected chi connectivity index (χ2v) is 4.10. The first-order valence-corrected chi connectivity index (χ1v) is 5.40. The summed E-state index contributed by atoms with van der Waals surface area (Å²) in [6, 6.07) is 5.73. The molecular weight excluding hydrogens is 200 g/mol. The Kier molecular flexibility index (Phi) is 4.33. The molecule has 3 nitrogen and oxygen atoms in total. The molecule has 0 heterocycles. The molecule has 1 aromatic carbocycles. The normalized spacial score (nSPS) is 11.9. The van der Waals surface area contributed by atoms with Crippen molar-refractivity contribution in [1.29, 1.82) is 5.26 Å². The zero-order valence-corrected chi connectivity index (χ0v) is 10.1. The van der Waals surface area contributed by atoms with Crippen molar-refractivity contribution < 1.29 is 4.74 Å². The standard InChI is InChI=1S/C13H18N2O/c1-9-6-10(2)13(11(3)7-9)16-5-4-12(15)8-14/h6-7,12H,4-5,15H2,1-3H3. The van der Waals surface area contributed by atoms with Crippen LogP contribution >= 0.6 is 0 Å². The molecule has 1 atom stereocenters. The fourth-order valence-electron chi connectivity index (χ4n) is 1.75. The maximum atomic E-state index is 8.55. The zero-order valence-electron chi connectivity index (χ0n) is 10.1. The van der Waals surface area contributed by atoms with Crippen LogP contribution in [0.25, 0.3) is 0 Å². The largest absolute Gasteiger partial charge is 0.493 e. The van der Waals surface area contributed by atoms with Gasteiger partial charge in [0.15, 0.2) is 0 Å². The molecule has 0 spiro atoms. The first kappa shape index (κ1) is 12.5. The lowest BCUT2D eigenvalue weighted by Gasteiger charge is -2.13. The van der Waals surface area contributed by atoms with Gasteiger partial charge in [-0.05, 0) is 31.9 Å². The molecule has 0 bridgehead atoms. The fourth-order valence-corrected chi connectivity index (χ4v) is 1.75. The minimum atomic E-state index is -0.439. The van der Waals surface area contributed by atoms with E-state index in [0.29, 0.717) is 13.0 Å². The molecule has 3 heteroatoms. The van der Waals surface area contributed by atoms with Crippen LogP contribution in [0.4, 0.5) is 0 Å². The van der Waals surface area contributed by atoms with Gasteiger partial charge in [-0.2, -0.15) is 5.26 Å². The van der Waals surface area contributed by atoms with Crippen LogP contribution in [0.15, 0.2) is 12.1 Å². The average Bonchev–Trinajstić information content (AvgIpc) is 2.21. The van der Waals surface area contributed by atoms with Gasteiger partial charge < -0.3 is 10.5 Å². The summed E-state index contributed by atoms with van der Waals surface area (Å²) in [5.74, 6) is 0.913.